The maximum absolute atomic E-state index is 6.84. The molecule has 6 nitrogen and oxygen atoms in total. The summed E-state index contributed by atoms with van der Waals surface area (Å²) in [5, 5.41) is 4.46. The Hall–Kier alpha value is -9.26. The zero-order valence-corrected chi connectivity index (χ0v) is 36.7. The van der Waals surface area contributed by atoms with Crippen molar-refractivity contribution in [2.75, 3.05) is 0 Å². The largest absolute Gasteiger partial charge is 0.456 e. The molecular formula is C62H39N5O. The molecule has 0 spiro atoms. The van der Waals surface area contributed by atoms with Crippen molar-refractivity contribution in [3.8, 4) is 84.5 Å². The number of benzene rings is 9. The number of para-hydroxylation sites is 2. The lowest BCUT2D eigenvalue weighted by Gasteiger charge is -2.16. The second-order valence-corrected chi connectivity index (χ2v) is 17.0. The van der Waals surface area contributed by atoms with E-state index in [0.29, 0.717) is 17.5 Å². The summed E-state index contributed by atoms with van der Waals surface area (Å²) in [6, 6.07) is 80.1. The summed E-state index contributed by atoms with van der Waals surface area (Å²) < 4.78 is 9.16. The Morgan fingerprint density at radius 2 is 0.868 bits per heavy atom. The Morgan fingerprint density at radius 1 is 0.309 bits per heavy atom. The SMILES string of the molecule is c1ccc(-c2ccc(-c3ccccc3)c(-c3cnc(-c4ccc5c(c4)oc4cc6c(cc45)c4ccccc4n6-c4ccccc4)c(-c4nc(-c5ccccc5)nc(-c5ccccc5)n4)c3)c2)cc1. The maximum Gasteiger partial charge on any atom is 0.166 e. The highest BCUT2D eigenvalue weighted by molar-refractivity contribution is 6.17. The van der Waals surface area contributed by atoms with Gasteiger partial charge in [0.25, 0.3) is 0 Å². The zero-order chi connectivity index (χ0) is 45.0. The van der Waals surface area contributed by atoms with Crippen LogP contribution < -0.4 is 0 Å². The van der Waals surface area contributed by atoms with Crippen molar-refractivity contribution in [1.29, 1.82) is 0 Å². The number of fused-ring (bicyclic) bond motifs is 6. The van der Waals surface area contributed by atoms with E-state index in [0.717, 1.165) is 100.0 Å². The van der Waals surface area contributed by atoms with Crippen molar-refractivity contribution in [3.63, 3.8) is 0 Å². The second-order valence-electron chi connectivity index (χ2n) is 17.0. The summed E-state index contributed by atoms with van der Waals surface area (Å²) >= 11 is 0. The quantitative estimate of drug-likeness (QED) is 0.152. The molecule has 9 aromatic carbocycles. The standard InChI is InChI=1S/C62H39N5O/c1-6-18-40(19-7-1)44-30-32-48(41-20-8-2-9-21-41)51(34-44)46-35-54(62-65-60(42-22-10-3-11-23-42)64-61(66-62)43-24-12-4-13-25-43)59(63-39-46)45-31-33-50-53-37-52-49-28-16-17-29-55(49)67(47-26-14-5-15-27-47)56(52)38-58(53)68-57(50)36-45/h1-39H. The average molecular weight is 870 g/mol. The van der Waals surface area contributed by atoms with E-state index in [4.69, 9.17) is 24.4 Å². The van der Waals surface area contributed by atoms with Crippen LogP contribution in [0, 0.1) is 0 Å². The van der Waals surface area contributed by atoms with Crippen LogP contribution in [0.2, 0.25) is 0 Å². The first kappa shape index (κ1) is 39.1. The van der Waals surface area contributed by atoms with Gasteiger partial charge in [-0.3, -0.25) is 4.98 Å². The Morgan fingerprint density at radius 3 is 1.56 bits per heavy atom. The second kappa shape index (κ2) is 16.3. The molecule has 0 aliphatic heterocycles. The third kappa shape index (κ3) is 6.82. The van der Waals surface area contributed by atoms with Gasteiger partial charge in [-0.15, -0.1) is 0 Å². The van der Waals surface area contributed by atoms with Gasteiger partial charge in [-0.05, 0) is 76.3 Å². The molecular weight excluding hydrogens is 831 g/mol. The monoisotopic (exact) mass is 869 g/mol. The van der Waals surface area contributed by atoms with Crippen LogP contribution in [-0.2, 0) is 0 Å². The number of pyridine rings is 1. The van der Waals surface area contributed by atoms with Crippen molar-refractivity contribution in [1.82, 2.24) is 24.5 Å². The highest BCUT2D eigenvalue weighted by Crippen LogP contribution is 2.43. The van der Waals surface area contributed by atoms with Gasteiger partial charge in [0.05, 0.1) is 16.7 Å². The van der Waals surface area contributed by atoms with Gasteiger partial charge in [0, 0.05) is 67.3 Å². The Labute approximate surface area is 392 Å². The van der Waals surface area contributed by atoms with Gasteiger partial charge < -0.3 is 8.98 Å². The molecule has 318 valence electrons. The number of nitrogens with zero attached hydrogens (tertiary/aromatic N) is 5. The predicted molar refractivity (Wildman–Crippen MR) is 277 cm³/mol. The molecule has 0 saturated carbocycles. The lowest BCUT2D eigenvalue weighted by molar-refractivity contribution is 0.669. The lowest BCUT2D eigenvalue weighted by atomic mass is 9.90. The predicted octanol–water partition coefficient (Wildman–Crippen LogP) is 15.9. The van der Waals surface area contributed by atoms with E-state index < -0.39 is 0 Å². The minimum Gasteiger partial charge on any atom is -0.456 e. The molecule has 68 heavy (non-hydrogen) atoms. The number of hydrogen-bond acceptors (Lipinski definition) is 5. The van der Waals surface area contributed by atoms with Gasteiger partial charge in [-0.25, -0.2) is 15.0 Å². The molecule has 0 atom stereocenters. The Kier molecular flexibility index (Phi) is 9.39. The molecule has 0 unspecified atom stereocenters. The van der Waals surface area contributed by atoms with E-state index in [1.165, 1.54) is 10.8 Å². The smallest absolute Gasteiger partial charge is 0.166 e. The van der Waals surface area contributed by atoms with E-state index in [-0.39, 0.29) is 0 Å². The van der Waals surface area contributed by atoms with Crippen molar-refractivity contribution in [3.05, 3.63) is 237 Å². The van der Waals surface area contributed by atoms with E-state index in [9.17, 15) is 0 Å². The van der Waals surface area contributed by atoms with Crippen LogP contribution in [0.15, 0.2) is 241 Å². The fourth-order valence-electron chi connectivity index (χ4n) is 9.65. The molecule has 0 bridgehead atoms. The molecule has 0 aliphatic carbocycles. The summed E-state index contributed by atoms with van der Waals surface area (Å²) in [4.78, 5) is 20.9. The third-order valence-electron chi connectivity index (χ3n) is 12.9. The van der Waals surface area contributed by atoms with Crippen molar-refractivity contribution >= 4 is 43.7 Å². The highest BCUT2D eigenvalue weighted by Gasteiger charge is 2.22. The van der Waals surface area contributed by atoms with Crippen LogP contribution in [-0.4, -0.2) is 24.5 Å². The van der Waals surface area contributed by atoms with E-state index in [2.05, 4.69) is 168 Å². The zero-order valence-electron chi connectivity index (χ0n) is 36.7. The van der Waals surface area contributed by atoms with Crippen LogP contribution >= 0.6 is 0 Å². The first-order valence-corrected chi connectivity index (χ1v) is 22.8. The topological polar surface area (TPSA) is 69.6 Å². The number of furan rings is 1. The molecule has 4 aromatic heterocycles. The van der Waals surface area contributed by atoms with Crippen LogP contribution in [0.5, 0.6) is 0 Å². The highest BCUT2D eigenvalue weighted by atomic mass is 16.3. The van der Waals surface area contributed by atoms with Crippen LogP contribution in [0.3, 0.4) is 0 Å². The fourth-order valence-corrected chi connectivity index (χ4v) is 9.65. The lowest BCUT2D eigenvalue weighted by Crippen LogP contribution is -2.02. The molecule has 0 amide bonds. The molecule has 0 saturated heterocycles. The maximum atomic E-state index is 6.84. The van der Waals surface area contributed by atoms with Gasteiger partial charge in [-0.2, -0.15) is 0 Å². The van der Waals surface area contributed by atoms with Gasteiger partial charge in [0.15, 0.2) is 17.5 Å². The molecule has 4 heterocycles. The van der Waals surface area contributed by atoms with Gasteiger partial charge in [0.2, 0.25) is 0 Å². The molecule has 0 fully saturated rings. The normalized spacial score (nSPS) is 11.5. The Balaban J connectivity index is 1.04. The van der Waals surface area contributed by atoms with Crippen LogP contribution in [0.25, 0.3) is 128 Å². The van der Waals surface area contributed by atoms with Gasteiger partial charge in [-0.1, -0.05) is 176 Å². The van der Waals surface area contributed by atoms with Gasteiger partial charge >= 0.3 is 0 Å². The molecule has 0 aliphatic rings. The molecule has 6 heteroatoms. The first-order valence-electron chi connectivity index (χ1n) is 22.8. The summed E-state index contributed by atoms with van der Waals surface area (Å²) in [6.45, 7) is 0. The minimum absolute atomic E-state index is 0.517. The summed E-state index contributed by atoms with van der Waals surface area (Å²) in [7, 11) is 0. The number of aromatic nitrogens is 5. The van der Waals surface area contributed by atoms with Crippen molar-refractivity contribution in [2.24, 2.45) is 0 Å². The van der Waals surface area contributed by atoms with Crippen molar-refractivity contribution < 1.29 is 4.42 Å². The molecule has 13 rings (SSSR count). The summed E-state index contributed by atoms with van der Waals surface area (Å²) in [6.07, 6.45) is 1.98. The van der Waals surface area contributed by atoms with Crippen molar-refractivity contribution in [2.45, 2.75) is 0 Å². The number of rotatable bonds is 8. The molecule has 0 radical (unpaired) electrons. The van der Waals surface area contributed by atoms with Crippen LogP contribution in [0.1, 0.15) is 0 Å². The summed E-state index contributed by atoms with van der Waals surface area (Å²) in [5.41, 5.74) is 15.5. The molecule has 13 aromatic rings. The van der Waals surface area contributed by atoms with Gasteiger partial charge in [0.1, 0.15) is 11.2 Å². The fraction of sp³-hybridized carbons (Fsp3) is 0. The Bertz CT molecular complexity index is 3940. The minimum atomic E-state index is 0.517. The summed E-state index contributed by atoms with van der Waals surface area (Å²) in [5.74, 6) is 1.67. The van der Waals surface area contributed by atoms with E-state index >= 15 is 0 Å². The third-order valence-corrected chi connectivity index (χ3v) is 12.9. The van der Waals surface area contributed by atoms with E-state index in [1.807, 2.05) is 72.9 Å². The first-order chi connectivity index (χ1) is 33.7. The molecule has 0 N–H and O–H groups in total. The van der Waals surface area contributed by atoms with E-state index in [1.54, 1.807) is 0 Å². The van der Waals surface area contributed by atoms with Crippen LogP contribution in [0.4, 0.5) is 0 Å². The number of hydrogen-bond donors (Lipinski definition) is 0. The average Bonchev–Trinajstić information content (AvgIpc) is 3.95.